The molecule has 3 rings (SSSR count). The van der Waals surface area contributed by atoms with Gasteiger partial charge in [0.15, 0.2) is 5.65 Å². The predicted octanol–water partition coefficient (Wildman–Crippen LogP) is 3.18. The molecule has 0 saturated heterocycles. The van der Waals surface area contributed by atoms with Crippen LogP contribution in [0.5, 0.6) is 0 Å². The van der Waals surface area contributed by atoms with Crippen LogP contribution in [0.2, 0.25) is 0 Å². The zero-order chi connectivity index (χ0) is 21.3. The van der Waals surface area contributed by atoms with E-state index in [0.717, 1.165) is 5.69 Å². The van der Waals surface area contributed by atoms with Gasteiger partial charge in [-0.05, 0) is 43.5 Å². The van der Waals surface area contributed by atoms with Crippen LogP contribution in [0.4, 0.5) is 5.69 Å². The first-order chi connectivity index (χ1) is 13.5. The third-order valence-corrected chi connectivity index (χ3v) is 5.23. The summed E-state index contributed by atoms with van der Waals surface area (Å²) in [6.07, 6.45) is 1.66. The number of carbonyl (C=O) groups excluding carboxylic acids is 1. The summed E-state index contributed by atoms with van der Waals surface area (Å²) in [7, 11) is -3.60. The van der Waals surface area contributed by atoms with E-state index in [4.69, 9.17) is 10.1 Å². The lowest BCUT2D eigenvalue weighted by molar-refractivity contribution is 0.102. The fraction of sp³-hybridized carbons (Fsp3) is 0.350. The number of nitrogens with one attached hydrogen (secondary N) is 1. The highest BCUT2D eigenvalue weighted by Gasteiger charge is 2.19. The first-order valence-corrected chi connectivity index (χ1v) is 11.1. The first kappa shape index (κ1) is 20.9. The van der Waals surface area contributed by atoms with Gasteiger partial charge in [0.25, 0.3) is 5.91 Å². The minimum absolute atomic E-state index is 0.115. The van der Waals surface area contributed by atoms with Gasteiger partial charge in [-0.2, -0.15) is 5.10 Å². The summed E-state index contributed by atoms with van der Waals surface area (Å²) in [6.45, 7) is 8.07. The monoisotopic (exact) mass is 415 g/mol. The van der Waals surface area contributed by atoms with Crippen LogP contribution in [0.3, 0.4) is 0 Å². The fourth-order valence-electron chi connectivity index (χ4n) is 3.01. The third-order valence-electron chi connectivity index (χ3n) is 4.49. The Labute approximate surface area is 170 Å². The maximum Gasteiger partial charge on any atom is 0.256 e. The summed E-state index contributed by atoms with van der Waals surface area (Å²) in [5.41, 5.74) is 3.10. The number of primary sulfonamides is 1. The van der Waals surface area contributed by atoms with Gasteiger partial charge in [-0.1, -0.05) is 26.0 Å². The molecular weight excluding hydrogens is 390 g/mol. The average molecular weight is 416 g/mol. The second kappa shape index (κ2) is 7.92. The van der Waals surface area contributed by atoms with Crippen LogP contribution < -0.4 is 10.5 Å². The van der Waals surface area contributed by atoms with Crippen LogP contribution in [0.25, 0.3) is 11.0 Å². The van der Waals surface area contributed by atoms with Crippen LogP contribution in [0.15, 0.2) is 36.5 Å². The number of aromatic nitrogens is 3. The molecule has 0 unspecified atom stereocenters. The van der Waals surface area contributed by atoms with Crippen LogP contribution in [-0.4, -0.2) is 29.1 Å². The Hall–Kier alpha value is -2.78. The number of benzene rings is 1. The Kier molecular flexibility index (Phi) is 5.72. The summed E-state index contributed by atoms with van der Waals surface area (Å²) < 4.78 is 24.2. The van der Waals surface area contributed by atoms with E-state index in [9.17, 15) is 13.2 Å². The van der Waals surface area contributed by atoms with Gasteiger partial charge in [-0.25, -0.2) is 23.2 Å². The molecule has 1 amide bonds. The van der Waals surface area contributed by atoms with Crippen molar-refractivity contribution in [3.8, 4) is 0 Å². The molecule has 0 aliphatic rings. The molecular formula is C20H25N5O3S. The quantitative estimate of drug-likeness (QED) is 0.641. The Morgan fingerprint density at radius 3 is 2.38 bits per heavy atom. The number of sulfonamides is 1. The number of amides is 1. The number of carbonyl (C=O) groups is 1. The van der Waals surface area contributed by atoms with Crippen molar-refractivity contribution in [2.24, 2.45) is 5.14 Å². The number of hydrogen-bond donors (Lipinski definition) is 2. The van der Waals surface area contributed by atoms with E-state index < -0.39 is 10.0 Å². The molecule has 1 aromatic carbocycles. The number of anilines is 1. The molecule has 8 nitrogen and oxygen atoms in total. The molecule has 2 aromatic heterocycles. The Balaban J connectivity index is 1.94. The minimum Gasteiger partial charge on any atom is -0.322 e. The SMILES string of the molecule is CC(C)c1cc(C(=O)Nc2ccc(CS(N)(=O)=O)cc2)c2cnn(C(C)C)c2n1. The molecule has 2 heterocycles. The van der Waals surface area contributed by atoms with Gasteiger partial charge < -0.3 is 5.32 Å². The predicted molar refractivity (Wildman–Crippen MR) is 113 cm³/mol. The van der Waals surface area contributed by atoms with Gasteiger partial charge >= 0.3 is 0 Å². The van der Waals surface area contributed by atoms with E-state index in [1.165, 1.54) is 0 Å². The van der Waals surface area contributed by atoms with Crippen molar-refractivity contribution in [1.29, 1.82) is 0 Å². The highest BCUT2D eigenvalue weighted by Crippen LogP contribution is 2.25. The van der Waals surface area contributed by atoms with Gasteiger partial charge in [0.2, 0.25) is 10.0 Å². The lowest BCUT2D eigenvalue weighted by Gasteiger charge is -2.12. The van der Waals surface area contributed by atoms with Crippen molar-refractivity contribution in [3.63, 3.8) is 0 Å². The first-order valence-electron chi connectivity index (χ1n) is 9.34. The van der Waals surface area contributed by atoms with Crippen molar-refractivity contribution in [1.82, 2.24) is 14.8 Å². The summed E-state index contributed by atoms with van der Waals surface area (Å²) in [6, 6.07) is 8.46. The van der Waals surface area contributed by atoms with E-state index in [2.05, 4.69) is 10.4 Å². The lowest BCUT2D eigenvalue weighted by Crippen LogP contribution is -2.15. The maximum atomic E-state index is 13.0. The molecule has 3 N–H and O–H groups in total. The van der Waals surface area contributed by atoms with Crippen molar-refractivity contribution in [2.45, 2.75) is 45.4 Å². The summed E-state index contributed by atoms with van der Waals surface area (Å²) in [5, 5.41) is 13.0. The molecule has 0 saturated carbocycles. The average Bonchev–Trinajstić information content (AvgIpc) is 3.05. The molecule has 0 spiro atoms. The Bertz CT molecular complexity index is 1150. The molecule has 9 heteroatoms. The molecule has 0 aliphatic carbocycles. The number of hydrogen-bond acceptors (Lipinski definition) is 5. The fourth-order valence-corrected chi connectivity index (χ4v) is 3.67. The zero-order valence-electron chi connectivity index (χ0n) is 16.9. The number of pyridine rings is 1. The highest BCUT2D eigenvalue weighted by atomic mass is 32.2. The standard InChI is InChI=1S/C20H25N5O3S/c1-12(2)18-9-16(17-10-22-25(13(3)4)19(17)24-18)20(26)23-15-7-5-14(6-8-15)11-29(21,27)28/h5-10,12-13H,11H2,1-4H3,(H,23,26)(H2,21,27,28). The third kappa shape index (κ3) is 4.80. The molecule has 3 aromatic rings. The van der Waals surface area contributed by atoms with Crippen LogP contribution in [0.1, 0.15) is 61.3 Å². The summed E-state index contributed by atoms with van der Waals surface area (Å²) >= 11 is 0. The molecule has 29 heavy (non-hydrogen) atoms. The Morgan fingerprint density at radius 1 is 1.17 bits per heavy atom. The van der Waals surface area contributed by atoms with Crippen LogP contribution in [0, 0.1) is 0 Å². The lowest BCUT2D eigenvalue weighted by atomic mass is 10.0. The van der Waals surface area contributed by atoms with Crippen molar-refractivity contribution in [3.05, 3.63) is 53.3 Å². The maximum absolute atomic E-state index is 13.0. The van der Waals surface area contributed by atoms with E-state index in [1.807, 2.05) is 27.7 Å². The van der Waals surface area contributed by atoms with E-state index >= 15 is 0 Å². The van der Waals surface area contributed by atoms with E-state index in [1.54, 1.807) is 41.2 Å². The van der Waals surface area contributed by atoms with Gasteiger partial charge in [0.05, 0.1) is 22.9 Å². The second-order valence-corrected chi connectivity index (χ2v) is 9.24. The molecule has 154 valence electrons. The van der Waals surface area contributed by atoms with Crippen molar-refractivity contribution >= 4 is 32.7 Å². The molecule has 0 atom stereocenters. The second-order valence-electron chi connectivity index (χ2n) is 7.63. The number of nitrogens with zero attached hydrogens (tertiary/aromatic N) is 3. The number of fused-ring (bicyclic) bond motifs is 1. The Morgan fingerprint density at radius 2 is 1.83 bits per heavy atom. The van der Waals surface area contributed by atoms with Crippen LogP contribution in [-0.2, 0) is 15.8 Å². The summed E-state index contributed by atoms with van der Waals surface area (Å²) in [4.78, 5) is 17.7. The number of rotatable bonds is 6. The topological polar surface area (TPSA) is 120 Å². The van der Waals surface area contributed by atoms with E-state index in [-0.39, 0.29) is 23.6 Å². The van der Waals surface area contributed by atoms with Gasteiger partial charge in [0, 0.05) is 17.4 Å². The van der Waals surface area contributed by atoms with Gasteiger partial charge in [0.1, 0.15) is 0 Å². The molecule has 0 radical (unpaired) electrons. The van der Waals surface area contributed by atoms with Crippen LogP contribution >= 0.6 is 0 Å². The van der Waals surface area contributed by atoms with Gasteiger partial charge in [-0.15, -0.1) is 0 Å². The molecule has 0 bridgehead atoms. The van der Waals surface area contributed by atoms with Crippen molar-refractivity contribution < 1.29 is 13.2 Å². The minimum atomic E-state index is -3.60. The normalized spacial score (nSPS) is 12.1. The zero-order valence-corrected chi connectivity index (χ0v) is 17.7. The largest absolute Gasteiger partial charge is 0.322 e. The summed E-state index contributed by atoms with van der Waals surface area (Å²) in [5.74, 6) is -0.376. The van der Waals surface area contributed by atoms with Crippen molar-refractivity contribution in [2.75, 3.05) is 5.32 Å². The van der Waals surface area contributed by atoms with E-state index in [0.29, 0.717) is 27.8 Å². The highest BCUT2D eigenvalue weighted by molar-refractivity contribution is 7.88. The number of nitrogens with two attached hydrogens (primary N) is 1. The van der Waals surface area contributed by atoms with Gasteiger partial charge in [-0.3, -0.25) is 4.79 Å². The molecule has 0 fully saturated rings. The molecule has 0 aliphatic heterocycles. The smallest absolute Gasteiger partial charge is 0.256 e.